The summed E-state index contributed by atoms with van der Waals surface area (Å²) in [5.74, 6) is 0.170. The third-order valence-electron chi connectivity index (χ3n) is 7.08. The molecule has 0 radical (unpaired) electrons. The number of epoxide rings is 1. The molecule has 2 heterocycles. The van der Waals surface area contributed by atoms with Gasteiger partial charge in [-0.2, -0.15) is 0 Å². The average molecular weight is 469 g/mol. The highest BCUT2D eigenvalue weighted by Gasteiger charge is 2.56. The Bertz CT molecular complexity index is 688. The summed E-state index contributed by atoms with van der Waals surface area (Å²) in [6.07, 6.45) is 8.06. The maximum atomic E-state index is 11.7. The zero-order valence-corrected chi connectivity index (χ0v) is 21.6. The lowest BCUT2D eigenvalue weighted by Crippen LogP contribution is -2.41. The summed E-state index contributed by atoms with van der Waals surface area (Å²) < 4.78 is 28.0. The van der Waals surface area contributed by atoms with E-state index in [0.717, 1.165) is 24.8 Å². The van der Waals surface area contributed by atoms with Crippen molar-refractivity contribution in [2.24, 2.45) is 11.8 Å². The van der Waals surface area contributed by atoms with Crippen molar-refractivity contribution < 1.29 is 33.6 Å². The first-order valence-corrected chi connectivity index (χ1v) is 12.0. The van der Waals surface area contributed by atoms with E-state index in [-0.39, 0.29) is 54.4 Å². The molecular weight excluding hydrogens is 424 g/mol. The van der Waals surface area contributed by atoms with Crippen LogP contribution >= 0.6 is 0 Å². The first kappa shape index (κ1) is 28.0. The zero-order chi connectivity index (χ0) is 24.8. The van der Waals surface area contributed by atoms with Crippen molar-refractivity contribution in [3.63, 3.8) is 0 Å². The molecule has 0 bridgehead atoms. The Morgan fingerprint density at radius 3 is 2.48 bits per heavy atom. The second kappa shape index (κ2) is 12.5. The summed E-state index contributed by atoms with van der Waals surface area (Å²) in [5, 5.41) is 9.95. The van der Waals surface area contributed by atoms with Crippen molar-refractivity contribution in [1.82, 2.24) is 0 Å². The fraction of sp³-hybridized carbons (Fsp3) is 0.808. The van der Waals surface area contributed by atoms with Gasteiger partial charge in [0.1, 0.15) is 0 Å². The number of rotatable bonds is 12. The number of aliphatic hydroxyl groups excluding tert-OH is 1. The fourth-order valence-corrected chi connectivity index (χ4v) is 5.22. The SMILES string of the molecule is COC(=O)C[C@@H]1O[C@H](/C(C)=C/C=C/[C@@H](C)C[C@@]2(C)O[C@@H]2[C@H](C)[C@@H](OC)[C@@H](C)O)CC[C@H]1OC. The Morgan fingerprint density at radius 2 is 1.91 bits per heavy atom. The van der Waals surface area contributed by atoms with E-state index in [1.807, 2.05) is 0 Å². The van der Waals surface area contributed by atoms with Crippen LogP contribution in [0.3, 0.4) is 0 Å². The van der Waals surface area contributed by atoms with Crippen molar-refractivity contribution in [2.45, 2.75) is 103 Å². The maximum absolute atomic E-state index is 11.7. The van der Waals surface area contributed by atoms with Gasteiger partial charge in [-0.25, -0.2) is 0 Å². The highest BCUT2D eigenvalue weighted by Crippen LogP contribution is 2.47. The topological polar surface area (TPSA) is 86.8 Å². The van der Waals surface area contributed by atoms with Gasteiger partial charge in [0, 0.05) is 20.1 Å². The van der Waals surface area contributed by atoms with Crippen LogP contribution in [0.1, 0.15) is 60.3 Å². The van der Waals surface area contributed by atoms with Crippen LogP contribution in [0.5, 0.6) is 0 Å². The minimum Gasteiger partial charge on any atom is -0.469 e. The molecule has 0 aliphatic carbocycles. The highest BCUT2D eigenvalue weighted by molar-refractivity contribution is 5.69. The van der Waals surface area contributed by atoms with Crippen LogP contribution < -0.4 is 0 Å². The molecule has 2 rings (SSSR count). The van der Waals surface area contributed by atoms with Gasteiger partial charge in [0.25, 0.3) is 0 Å². The summed E-state index contributed by atoms with van der Waals surface area (Å²) in [7, 11) is 4.68. The second-order valence-corrected chi connectivity index (χ2v) is 9.92. The predicted octanol–water partition coefficient (Wildman–Crippen LogP) is 3.83. The minimum absolute atomic E-state index is 0.0352. The van der Waals surface area contributed by atoms with E-state index in [4.69, 9.17) is 23.7 Å². The lowest BCUT2D eigenvalue weighted by atomic mass is 9.86. The van der Waals surface area contributed by atoms with Gasteiger partial charge < -0.3 is 28.8 Å². The maximum Gasteiger partial charge on any atom is 0.308 e. The first-order chi connectivity index (χ1) is 15.6. The normalized spacial score (nSPS) is 34.0. The van der Waals surface area contributed by atoms with E-state index in [1.54, 1.807) is 21.1 Å². The Labute approximate surface area is 199 Å². The summed E-state index contributed by atoms with van der Waals surface area (Å²) in [5.41, 5.74) is 0.930. The number of hydrogen-bond acceptors (Lipinski definition) is 7. The third-order valence-corrected chi connectivity index (χ3v) is 7.08. The molecule has 7 heteroatoms. The van der Waals surface area contributed by atoms with Crippen LogP contribution in [0.2, 0.25) is 0 Å². The molecule has 0 amide bonds. The Morgan fingerprint density at radius 1 is 1.21 bits per heavy atom. The Hall–Kier alpha value is -1.25. The molecule has 0 saturated carbocycles. The quantitative estimate of drug-likeness (QED) is 0.265. The van der Waals surface area contributed by atoms with E-state index in [0.29, 0.717) is 5.92 Å². The molecule has 0 aromatic rings. The molecule has 7 nitrogen and oxygen atoms in total. The smallest absolute Gasteiger partial charge is 0.308 e. The molecular formula is C26H44O7. The van der Waals surface area contributed by atoms with Crippen molar-refractivity contribution in [3.05, 3.63) is 23.8 Å². The molecule has 2 saturated heterocycles. The summed E-state index contributed by atoms with van der Waals surface area (Å²) >= 11 is 0. The van der Waals surface area contributed by atoms with Gasteiger partial charge in [0.2, 0.25) is 0 Å². The monoisotopic (exact) mass is 468 g/mol. The lowest BCUT2D eigenvalue weighted by Gasteiger charge is -2.35. The molecule has 2 fully saturated rings. The Kier molecular flexibility index (Phi) is 10.6. The lowest BCUT2D eigenvalue weighted by molar-refractivity contribution is -0.156. The van der Waals surface area contributed by atoms with Crippen LogP contribution in [0.4, 0.5) is 0 Å². The number of esters is 1. The van der Waals surface area contributed by atoms with Gasteiger partial charge in [-0.05, 0) is 51.5 Å². The number of ether oxygens (including phenoxy) is 5. The van der Waals surface area contributed by atoms with Gasteiger partial charge >= 0.3 is 5.97 Å². The van der Waals surface area contributed by atoms with Crippen LogP contribution in [0.25, 0.3) is 0 Å². The van der Waals surface area contributed by atoms with E-state index in [9.17, 15) is 9.90 Å². The largest absolute Gasteiger partial charge is 0.469 e. The van der Waals surface area contributed by atoms with E-state index >= 15 is 0 Å². The van der Waals surface area contributed by atoms with Crippen LogP contribution in [-0.4, -0.2) is 74.6 Å². The Balaban J connectivity index is 1.89. The average Bonchev–Trinajstić information content (AvgIpc) is 3.43. The summed E-state index contributed by atoms with van der Waals surface area (Å²) in [6, 6.07) is 0. The van der Waals surface area contributed by atoms with Crippen molar-refractivity contribution in [3.8, 4) is 0 Å². The van der Waals surface area contributed by atoms with Gasteiger partial charge in [0.15, 0.2) is 0 Å². The van der Waals surface area contributed by atoms with E-state index in [1.165, 1.54) is 7.11 Å². The molecule has 190 valence electrons. The van der Waals surface area contributed by atoms with Crippen molar-refractivity contribution in [2.75, 3.05) is 21.3 Å². The van der Waals surface area contributed by atoms with Gasteiger partial charge in [-0.3, -0.25) is 4.79 Å². The van der Waals surface area contributed by atoms with Crippen molar-refractivity contribution >= 4 is 5.97 Å². The fourth-order valence-electron chi connectivity index (χ4n) is 5.22. The third kappa shape index (κ3) is 7.62. The molecule has 9 atom stereocenters. The molecule has 2 aliphatic rings. The molecule has 0 unspecified atom stereocenters. The number of aliphatic hydroxyl groups is 1. The van der Waals surface area contributed by atoms with Crippen LogP contribution in [0.15, 0.2) is 23.8 Å². The number of carbonyl (C=O) groups excluding carboxylic acids is 1. The second-order valence-electron chi connectivity index (χ2n) is 9.92. The number of hydrogen-bond donors (Lipinski definition) is 1. The van der Waals surface area contributed by atoms with Crippen LogP contribution in [0, 0.1) is 11.8 Å². The van der Waals surface area contributed by atoms with Gasteiger partial charge in [0.05, 0.1) is 55.8 Å². The standard InChI is InChI=1S/C26H44O7/c1-16(15-26(5)25(33-26)18(3)24(31-8)19(4)27)10-9-11-17(2)20-12-13-21(29-6)22(32-20)14-23(28)30-7/h9-11,16,18-22,24-25,27H,12-15H2,1-8H3/b10-9+,17-11+/t16-,18-,19-,20+,21-,22+,24-,25-,26-/m1/s1. The van der Waals surface area contributed by atoms with E-state index in [2.05, 4.69) is 45.9 Å². The first-order valence-electron chi connectivity index (χ1n) is 12.0. The van der Waals surface area contributed by atoms with Crippen molar-refractivity contribution in [1.29, 1.82) is 0 Å². The predicted molar refractivity (Wildman–Crippen MR) is 127 cm³/mol. The molecule has 2 aliphatic heterocycles. The highest BCUT2D eigenvalue weighted by atomic mass is 16.6. The number of methoxy groups -OCH3 is 3. The number of allylic oxidation sites excluding steroid dienone is 3. The zero-order valence-electron chi connectivity index (χ0n) is 21.6. The number of carbonyl (C=O) groups is 1. The van der Waals surface area contributed by atoms with Crippen LogP contribution in [-0.2, 0) is 28.5 Å². The minimum atomic E-state index is -0.530. The molecule has 33 heavy (non-hydrogen) atoms. The summed E-state index contributed by atoms with van der Waals surface area (Å²) in [6.45, 7) is 10.2. The molecule has 1 N–H and O–H groups in total. The van der Waals surface area contributed by atoms with Gasteiger partial charge in [-0.1, -0.05) is 32.1 Å². The molecule has 0 spiro atoms. The van der Waals surface area contributed by atoms with Gasteiger partial charge in [-0.15, -0.1) is 0 Å². The molecule has 0 aromatic carbocycles. The summed E-state index contributed by atoms with van der Waals surface area (Å²) in [4.78, 5) is 11.7. The molecule has 0 aromatic heterocycles. The van der Waals surface area contributed by atoms with E-state index < -0.39 is 6.10 Å².